The molecule has 1 fully saturated rings. The fraction of sp³-hybridized carbons (Fsp3) is 0.481. The molecular formula is C27H34F2N6O4S. The molecule has 0 aliphatic carbocycles. The molecule has 13 heteroatoms. The van der Waals surface area contributed by atoms with Gasteiger partial charge in [-0.3, -0.25) is 4.98 Å². The summed E-state index contributed by atoms with van der Waals surface area (Å²) in [6.07, 6.45) is 2.91. The van der Waals surface area contributed by atoms with Crippen LogP contribution in [0.1, 0.15) is 59.1 Å². The first-order valence-electron chi connectivity index (χ1n) is 13.1. The van der Waals surface area contributed by atoms with Crippen LogP contribution in [0.2, 0.25) is 0 Å². The number of nitrogens with zero attached hydrogens (tertiary/aromatic N) is 4. The van der Waals surface area contributed by atoms with E-state index >= 15 is 4.39 Å². The number of hydrogen-bond acceptors (Lipinski definition) is 8. The summed E-state index contributed by atoms with van der Waals surface area (Å²) in [6.45, 7) is 9.32. The van der Waals surface area contributed by atoms with Gasteiger partial charge in [-0.1, -0.05) is 0 Å². The molecule has 4 rings (SSSR count). The fourth-order valence-electron chi connectivity index (χ4n) is 4.59. The van der Waals surface area contributed by atoms with Crippen molar-refractivity contribution in [2.24, 2.45) is 0 Å². The summed E-state index contributed by atoms with van der Waals surface area (Å²) in [5.74, 6) is -1.21. The van der Waals surface area contributed by atoms with Crippen LogP contribution in [0, 0.1) is 11.6 Å². The average molecular weight is 577 g/mol. The number of alkyl carbamates (subject to hydrolysis) is 1. The largest absolute Gasteiger partial charge is 0.444 e. The smallest absolute Gasteiger partial charge is 0.408 e. The maximum atomic E-state index is 15.2. The molecule has 1 amide bonds. The van der Waals surface area contributed by atoms with Crippen LogP contribution in [-0.2, 0) is 14.8 Å². The number of nitrogens with one attached hydrogen (secondary N) is 2. The van der Waals surface area contributed by atoms with E-state index in [1.165, 1.54) is 10.5 Å². The second kappa shape index (κ2) is 11.6. The van der Waals surface area contributed by atoms with E-state index in [0.29, 0.717) is 36.9 Å². The topological polar surface area (TPSA) is 126 Å². The first kappa shape index (κ1) is 29.5. The molecular weight excluding hydrogens is 542 g/mol. The van der Waals surface area contributed by atoms with E-state index in [2.05, 4.69) is 25.6 Å². The highest BCUT2D eigenvalue weighted by Gasteiger charge is 2.27. The van der Waals surface area contributed by atoms with Gasteiger partial charge in [0.2, 0.25) is 16.0 Å². The van der Waals surface area contributed by atoms with Crippen molar-refractivity contribution >= 4 is 33.0 Å². The highest BCUT2D eigenvalue weighted by atomic mass is 32.2. The molecule has 40 heavy (non-hydrogen) atoms. The molecule has 1 unspecified atom stereocenters. The van der Waals surface area contributed by atoms with Gasteiger partial charge in [0.25, 0.3) is 0 Å². The molecule has 1 aliphatic heterocycles. The van der Waals surface area contributed by atoms with E-state index in [4.69, 9.17) is 4.74 Å². The quantitative estimate of drug-likeness (QED) is 0.412. The predicted octanol–water partition coefficient (Wildman–Crippen LogP) is 4.78. The molecule has 0 saturated carbocycles. The zero-order chi connectivity index (χ0) is 29.2. The number of carbonyl (C=O) groups is 1. The van der Waals surface area contributed by atoms with Gasteiger partial charge in [-0.2, -0.15) is 0 Å². The van der Waals surface area contributed by atoms with Crippen molar-refractivity contribution in [1.82, 2.24) is 24.6 Å². The van der Waals surface area contributed by atoms with Crippen LogP contribution in [0.3, 0.4) is 0 Å². The lowest BCUT2D eigenvalue weighted by molar-refractivity contribution is 0.0508. The van der Waals surface area contributed by atoms with Gasteiger partial charge >= 0.3 is 6.09 Å². The number of rotatable bonds is 7. The summed E-state index contributed by atoms with van der Waals surface area (Å²) >= 11 is 0. The lowest BCUT2D eigenvalue weighted by atomic mass is 9.99. The number of benzene rings is 1. The molecule has 1 aromatic carbocycles. The van der Waals surface area contributed by atoms with Crippen molar-refractivity contribution in [3.8, 4) is 11.3 Å². The first-order chi connectivity index (χ1) is 18.8. The van der Waals surface area contributed by atoms with Gasteiger partial charge in [0.05, 0.1) is 18.0 Å². The van der Waals surface area contributed by atoms with Crippen molar-refractivity contribution in [3.63, 3.8) is 0 Å². The number of hydrogen-bond donors (Lipinski definition) is 2. The second-order valence-corrected chi connectivity index (χ2v) is 13.0. The molecule has 0 bridgehead atoms. The normalized spacial score (nSPS) is 16.1. The number of fused-ring (bicyclic) bond motifs is 1. The Labute approximate surface area is 232 Å². The first-order valence-corrected chi connectivity index (χ1v) is 14.7. The van der Waals surface area contributed by atoms with Gasteiger partial charge in [0.1, 0.15) is 22.6 Å². The van der Waals surface area contributed by atoms with Gasteiger partial charge in [-0.15, -0.1) is 0 Å². The SMILES string of the molecule is CCS(=O)(=O)N1CCC(Nc2ncc(F)c(-c3cc(F)c4nccc(C(C)NC(=O)OC(C)(C)C)c4c3)n2)CC1. The van der Waals surface area contributed by atoms with E-state index < -0.39 is 39.4 Å². The zero-order valence-corrected chi connectivity index (χ0v) is 24.0. The highest BCUT2D eigenvalue weighted by Crippen LogP contribution is 2.31. The van der Waals surface area contributed by atoms with Crippen LogP contribution in [-0.4, -0.2) is 64.3 Å². The maximum Gasteiger partial charge on any atom is 0.408 e. The zero-order valence-electron chi connectivity index (χ0n) is 23.2. The van der Waals surface area contributed by atoms with E-state index in [9.17, 15) is 17.6 Å². The molecule has 10 nitrogen and oxygen atoms in total. The number of aromatic nitrogens is 3. The minimum atomic E-state index is -3.26. The van der Waals surface area contributed by atoms with Crippen molar-refractivity contribution in [2.45, 2.75) is 65.1 Å². The Bertz CT molecular complexity index is 1500. The summed E-state index contributed by atoms with van der Waals surface area (Å²) in [4.78, 5) is 24.8. The number of halogens is 2. The van der Waals surface area contributed by atoms with Crippen molar-refractivity contribution in [2.75, 3.05) is 24.2 Å². The Morgan fingerprint density at radius 2 is 1.88 bits per heavy atom. The van der Waals surface area contributed by atoms with Crippen LogP contribution < -0.4 is 10.6 Å². The highest BCUT2D eigenvalue weighted by molar-refractivity contribution is 7.89. The van der Waals surface area contributed by atoms with Gasteiger partial charge < -0.3 is 15.4 Å². The van der Waals surface area contributed by atoms with E-state index in [-0.39, 0.29) is 34.5 Å². The number of amides is 1. The van der Waals surface area contributed by atoms with E-state index in [1.807, 2.05) is 0 Å². The Hall–Kier alpha value is -3.45. The minimum absolute atomic E-state index is 0.0466. The molecule has 0 spiro atoms. The standard InChI is InChI=1S/C27H34F2N6O4S/c1-6-40(37,38)35-11-8-18(9-12-35)33-25-31-15-22(29)23(34-25)17-13-20-19(7-10-30-24(20)21(28)14-17)16(2)32-26(36)39-27(3,4)5/h7,10,13-16,18H,6,8-9,11-12H2,1-5H3,(H,32,36)(H,31,33,34). The number of carbonyl (C=O) groups excluding carboxylic acids is 1. The molecule has 2 N–H and O–H groups in total. The van der Waals surface area contributed by atoms with E-state index in [1.54, 1.807) is 46.8 Å². The number of piperidine rings is 1. The Morgan fingerprint density at radius 3 is 2.52 bits per heavy atom. The van der Waals surface area contributed by atoms with Crippen LogP contribution in [0.15, 0.2) is 30.6 Å². The van der Waals surface area contributed by atoms with Crippen LogP contribution in [0.4, 0.5) is 19.5 Å². The average Bonchev–Trinajstić information content (AvgIpc) is 2.88. The molecule has 1 atom stereocenters. The molecule has 1 aliphatic rings. The van der Waals surface area contributed by atoms with Crippen LogP contribution in [0.25, 0.3) is 22.2 Å². The summed E-state index contributed by atoms with van der Waals surface area (Å²) in [6, 6.07) is 3.73. The molecule has 3 heterocycles. The Morgan fingerprint density at radius 1 is 1.18 bits per heavy atom. The van der Waals surface area contributed by atoms with Gasteiger partial charge in [-0.25, -0.2) is 36.3 Å². The number of anilines is 1. The summed E-state index contributed by atoms with van der Waals surface area (Å²) in [5.41, 5.74) is 0.0189. The lowest BCUT2D eigenvalue weighted by Gasteiger charge is -2.31. The number of pyridine rings is 1. The van der Waals surface area contributed by atoms with Crippen LogP contribution in [0.5, 0.6) is 0 Å². The lowest BCUT2D eigenvalue weighted by Crippen LogP contribution is -2.43. The predicted molar refractivity (Wildman–Crippen MR) is 148 cm³/mol. The monoisotopic (exact) mass is 576 g/mol. The second-order valence-electron chi connectivity index (χ2n) is 10.7. The number of ether oxygens (including phenoxy) is 1. The third-order valence-electron chi connectivity index (χ3n) is 6.59. The van der Waals surface area contributed by atoms with Gasteiger partial charge in [-0.05, 0) is 71.2 Å². The minimum Gasteiger partial charge on any atom is -0.444 e. The third-order valence-corrected chi connectivity index (χ3v) is 8.48. The summed E-state index contributed by atoms with van der Waals surface area (Å²) < 4.78 is 61.2. The van der Waals surface area contributed by atoms with Gasteiger partial charge in [0, 0.05) is 36.3 Å². The molecule has 1 saturated heterocycles. The Kier molecular flexibility index (Phi) is 8.55. The maximum absolute atomic E-state index is 15.2. The van der Waals surface area contributed by atoms with Crippen molar-refractivity contribution < 1.29 is 26.7 Å². The van der Waals surface area contributed by atoms with Crippen molar-refractivity contribution in [1.29, 1.82) is 0 Å². The summed E-state index contributed by atoms with van der Waals surface area (Å²) in [7, 11) is -3.26. The fourth-order valence-corrected chi connectivity index (χ4v) is 5.72. The van der Waals surface area contributed by atoms with Crippen molar-refractivity contribution in [3.05, 3.63) is 47.8 Å². The third kappa shape index (κ3) is 6.81. The van der Waals surface area contributed by atoms with Gasteiger partial charge in [0.15, 0.2) is 5.82 Å². The number of sulfonamides is 1. The van der Waals surface area contributed by atoms with Crippen LogP contribution >= 0.6 is 0 Å². The molecule has 2 aromatic heterocycles. The molecule has 0 radical (unpaired) electrons. The Balaban J connectivity index is 1.60. The molecule has 3 aromatic rings. The van der Waals surface area contributed by atoms with E-state index in [0.717, 1.165) is 12.3 Å². The molecule has 216 valence electrons. The summed E-state index contributed by atoms with van der Waals surface area (Å²) in [5, 5.41) is 6.28.